The van der Waals surface area contributed by atoms with Gasteiger partial charge >= 0.3 is 11.9 Å². The summed E-state index contributed by atoms with van der Waals surface area (Å²) in [5, 5.41) is 6.78. The van der Waals surface area contributed by atoms with Crippen molar-refractivity contribution in [2.24, 2.45) is 0 Å². The first-order valence-corrected chi connectivity index (χ1v) is 9.58. The van der Waals surface area contributed by atoms with Crippen LogP contribution in [-0.2, 0) is 19.1 Å². The minimum atomic E-state index is -0.217. The van der Waals surface area contributed by atoms with E-state index in [1.54, 1.807) is 6.92 Å². The molecule has 0 amide bonds. The van der Waals surface area contributed by atoms with Crippen molar-refractivity contribution in [2.45, 2.75) is 70.3 Å². The zero-order chi connectivity index (χ0) is 18.5. The Labute approximate surface area is 154 Å². The molecule has 3 rings (SSSR count). The van der Waals surface area contributed by atoms with Gasteiger partial charge in [-0.2, -0.15) is 0 Å². The lowest BCUT2D eigenvalue weighted by atomic mass is 9.98. The molecule has 2 heterocycles. The van der Waals surface area contributed by atoms with E-state index in [9.17, 15) is 9.59 Å². The number of hydrogen-bond donors (Lipinski definition) is 2. The van der Waals surface area contributed by atoms with Crippen LogP contribution in [0.4, 0.5) is 0 Å². The molecular weight excluding hydrogens is 332 g/mol. The lowest BCUT2D eigenvalue weighted by Crippen LogP contribution is -2.33. The first kappa shape index (κ1) is 18.9. The molecule has 0 aliphatic carbocycles. The zero-order valence-corrected chi connectivity index (χ0v) is 15.5. The minimum absolute atomic E-state index is 0.163. The summed E-state index contributed by atoms with van der Waals surface area (Å²) in [5.74, 6) is -0.332. The zero-order valence-electron chi connectivity index (χ0n) is 15.5. The van der Waals surface area contributed by atoms with Crippen LogP contribution in [0, 0.1) is 0 Å². The Bertz CT molecular complexity index is 648. The smallest absolute Gasteiger partial charge is 0.323 e. The minimum Gasteiger partial charge on any atom is -0.465 e. The van der Waals surface area contributed by atoms with Crippen LogP contribution >= 0.6 is 0 Å². The standard InChI is InChI=1S/C20H28N2O4/c1-3-19(23)26-18-11-10-16(22-18)14-7-5-6-13(12-14)15-8-9-17(21-15)20(24)25-4-2/h5-7,12,15-18,21-22H,3-4,8-11H2,1-2H3/t15-,16-,17+,18-/m1/s1. The fraction of sp³-hybridized carbons (Fsp3) is 0.600. The lowest BCUT2D eigenvalue weighted by molar-refractivity contribution is -0.149. The largest absolute Gasteiger partial charge is 0.465 e. The van der Waals surface area contributed by atoms with Crippen molar-refractivity contribution in [3.8, 4) is 0 Å². The van der Waals surface area contributed by atoms with Crippen molar-refractivity contribution >= 4 is 11.9 Å². The van der Waals surface area contributed by atoms with Crippen LogP contribution in [0.2, 0.25) is 0 Å². The number of carbonyl (C=O) groups is 2. The molecule has 2 fully saturated rings. The highest BCUT2D eigenvalue weighted by Crippen LogP contribution is 2.32. The number of ether oxygens (including phenoxy) is 2. The van der Waals surface area contributed by atoms with Gasteiger partial charge in [-0.15, -0.1) is 0 Å². The molecule has 2 N–H and O–H groups in total. The second-order valence-corrected chi connectivity index (χ2v) is 6.90. The molecule has 0 unspecified atom stereocenters. The van der Waals surface area contributed by atoms with Gasteiger partial charge in [-0.3, -0.25) is 20.2 Å². The number of hydrogen-bond acceptors (Lipinski definition) is 6. The van der Waals surface area contributed by atoms with E-state index >= 15 is 0 Å². The second kappa shape index (κ2) is 8.64. The quantitative estimate of drug-likeness (QED) is 0.760. The number of carbonyl (C=O) groups excluding carboxylic acids is 2. The van der Waals surface area contributed by atoms with Crippen molar-refractivity contribution < 1.29 is 19.1 Å². The second-order valence-electron chi connectivity index (χ2n) is 6.90. The van der Waals surface area contributed by atoms with Crippen LogP contribution in [0.25, 0.3) is 0 Å². The van der Waals surface area contributed by atoms with E-state index in [0.29, 0.717) is 13.0 Å². The van der Waals surface area contributed by atoms with Crippen molar-refractivity contribution in [2.75, 3.05) is 6.61 Å². The highest BCUT2D eigenvalue weighted by atomic mass is 16.6. The van der Waals surface area contributed by atoms with E-state index in [4.69, 9.17) is 9.47 Å². The summed E-state index contributed by atoms with van der Waals surface area (Å²) in [7, 11) is 0. The Morgan fingerprint density at radius 1 is 1.04 bits per heavy atom. The van der Waals surface area contributed by atoms with Crippen LogP contribution in [0.1, 0.15) is 69.2 Å². The average molecular weight is 360 g/mol. The van der Waals surface area contributed by atoms with E-state index in [2.05, 4.69) is 34.9 Å². The highest BCUT2D eigenvalue weighted by molar-refractivity contribution is 5.76. The SMILES string of the molecule is CCOC(=O)[C@@H]1CC[C@H](c2cccc([C@H]3CC[C@@H](OC(=O)CC)N3)c2)N1. The van der Waals surface area contributed by atoms with Gasteiger partial charge in [-0.05, 0) is 43.7 Å². The van der Waals surface area contributed by atoms with Gasteiger partial charge in [0.25, 0.3) is 0 Å². The summed E-state index contributed by atoms with van der Waals surface area (Å²) in [6, 6.07) is 8.57. The molecule has 6 heteroatoms. The third-order valence-electron chi connectivity index (χ3n) is 5.10. The number of benzene rings is 1. The van der Waals surface area contributed by atoms with Crippen molar-refractivity contribution in [3.63, 3.8) is 0 Å². The maximum Gasteiger partial charge on any atom is 0.323 e. The number of esters is 2. The molecule has 1 aromatic rings. The van der Waals surface area contributed by atoms with Gasteiger partial charge in [0, 0.05) is 18.5 Å². The Kier molecular flexibility index (Phi) is 6.27. The molecule has 0 bridgehead atoms. The van der Waals surface area contributed by atoms with Gasteiger partial charge in [0.1, 0.15) is 6.04 Å². The molecule has 0 spiro atoms. The van der Waals surface area contributed by atoms with Crippen LogP contribution in [0.3, 0.4) is 0 Å². The van der Waals surface area contributed by atoms with E-state index in [1.807, 2.05) is 6.92 Å². The topological polar surface area (TPSA) is 76.7 Å². The Morgan fingerprint density at radius 2 is 1.73 bits per heavy atom. The first-order chi connectivity index (χ1) is 12.6. The van der Waals surface area contributed by atoms with Gasteiger partial charge in [0.05, 0.1) is 6.61 Å². The molecule has 2 saturated heterocycles. The van der Waals surface area contributed by atoms with E-state index < -0.39 is 0 Å². The Morgan fingerprint density at radius 3 is 2.42 bits per heavy atom. The molecule has 0 saturated carbocycles. The molecule has 2 aliphatic heterocycles. The summed E-state index contributed by atoms with van der Waals surface area (Å²) in [6.07, 6.45) is 3.68. The predicted molar refractivity (Wildman–Crippen MR) is 97.3 cm³/mol. The monoisotopic (exact) mass is 360 g/mol. The summed E-state index contributed by atoms with van der Waals surface area (Å²) in [5.41, 5.74) is 2.38. The van der Waals surface area contributed by atoms with Crippen LogP contribution < -0.4 is 10.6 Å². The van der Waals surface area contributed by atoms with E-state index in [1.165, 1.54) is 11.1 Å². The fourth-order valence-electron chi connectivity index (χ4n) is 3.73. The molecule has 1 aromatic carbocycles. The fourth-order valence-corrected chi connectivity index (χ4v) is 3.73. The van der Waals surface area contributed by atoms with Gasteiger partial charge in [-0.25, -0.2) is 0 Å². The summed E-state index contributed by atoms with van der Waals surface area (Å²) >= 11 is 0. The summed E-state index contributed by atoms with van der Waals surface area (Å²) in [6.45, 7) is 4.04. The van der Waals surface area contributed by atoms with Crippen LogP contribution in [0.5, 0.6) is 0 Å². The van der Waals surface area contributed by atoms with Gasteiger partial charge < -0.3 is 9.47 Å². The van der Waals surface area contributed by atoms with Gasteiger partial charge in [0.2, 0.25) is 0 Å². The summed E-state index contributed by atoms with van der Waals surface area (Å²) in [4.78, 5) is 23.4. The number of rotatable bonds is 6. The molecule has 0 radical (unpaired) electrons. The molecule has 0 aromatic heterocycles. The Balaban J connectivity index is 1.61. The molecule has 6 nitrogen and oxygen atoms in total. The Hall–Kier alpha value is -1.92. The normalized spacial score (nSPS) is 28.1. The van der Waals surface area contributed by atoms with Crippen molar-refractivity contribution in [3.05, 3.63) is 35.4 Å². The maximum atomic E-state index is 11.9. The molecular formula is C20H28N2O4. The van der Waals surface area contributed by atoms with Crippen molar-refractivity contribution in [1.82, 2.24) is 10.6 Å². The highest BCUT2D eigenvalue weighted by Gasteiger charge is 2.32. The van der Waals surface area contributed by atoms with Gasteiger partial charge in [-0.1, -0.05) is 31.2 Å². The molecule has 2 aliphatic rings. The first-order valence-electron chi connectivity index (χ1n) is 9.58. The summed E-state index contributed by atoms with van der Waals surface area (Å²) < 4.78 is 10.5. The van der Waals surface area contributed by atoms with E-state index in [0.717, 1.165) is 25.7 Å². The van der Waals surface area contributed by atoms with Crippen molar-refractivity contribution in [1.29, 1.82) is 0 Å². The molecule has 4 atom stereocenters. The third kappa shape index (κ3) is 4.43. The van der Waals surface area contributed by atoms with Crippen LogP contribution in [-0.4, -0.2) is 30.8 Å². The van der Waals surface area contributed by atoms with E-state index in [-0.39, 0.29) is 36.3 Å². The third-order valence-corrected chi connectivity index (χ3v) is 5.10. The average Bonchev–Trinajstić information content (AvgIpc) is 3.32. The maximum absolute atomic E-state index is 11.9. The molecule has 142 valence electrons. The number of nitrogens with one attached hydrogen (secondary N) is 2. The lowest BCUT2D eigenvalue weighted by Gasteiger charge is -2.18. The van der Waals surface area contributed by atoms with Crippen LogP contribution in [0.15, 0.2) is 24.3 Å². The van der Waals surface area contributed by atoms with Gasteiger partial charge in [0.15, 0.2) is 6.23 Å². The molecule has 26 heavy (non-hydrogen) atoms. The predicted octanol–water partition coefficient (Wildman–Crippen LogP) is 2.75.